The highest BCUT2D eigenvalue weighted by molar-refractivity contribution is 4.99. The van der Waals surface area contributed by atoms with Crippen molar-refractivity contribution in [1.29, 1.82) is 0 Å². The molecule has 1 unspecified atom stereocenters. The molecule has 0 fully saturated rings. The Balaban J connectivity index is 4.03. The number of allylic oxidation sites excluding steroid dienone is 1. The van der Waals surface area contributed by atoms with Gasteiger partial charge in [-0.15, -0.1) is 0 Å². The molecule has 0 aliphatic carbocycles. The zero-order valence-electron chi connectivity index (χ0n) is 8.32. The summed E-state index contributed by atoms with van der Waals surface area (Å²) in [6.07, 6.45) is 1.70. The molecule has 0 N–H and O–H groups in total. The number of hydrogen-bond donors (Lipinski definition) is 0. The van der Waals surface area contributed by atoms with Crippen LogP contribution in [0.5, 0.6) is 0 Å². The van der Waals surface area contributed by atoms with Gasteiger partial charge in [0.25, 0.3) is 0 Å². The van der Waals surface area contributed by atoms with Gasteiger partial charge in [-0.25, -0.2) is 4.39 Å². The second-order valence-corrected chi connectivity index (χ2v) is 3.66. The molecule has 0 aromatic heterocycles. The van der Waals surface area contributed by atoms with E-state index in [-0.39, 0.29) is 5.41 Å². The summed E-state index contributed by atoms with van der Waals surface area (Å²) in [4.78, 5) is 0. The van der Waals surface area contributed by atoms with E-state index in [9.17, 15) is 4.39 Å². The van der Waals surface area contributed by atoms with Gasteiger partial charge in [0.05, 0.1) is 6.61 Å². The molecular weight excluding hydrogens is 155 g/mol. The third-order valence-corrected chi connectivity index (χ3v) is 2.21. The Morgan fingerprint density at radius 2 is 2.17 bits per heavy atom. The summed E-state index contributed by atoms with van der Waals surface area (Å²) in [6.45, 7) is 8.09. The van der Waals surface area contributed by atoms with E-state index in [2.05, 4.69) is 20.4 Å². The molecule has 0 spiro atoms. The Bertz CT molecular complexity index is 145. The van der Waals surface area contributed by atoms with Crippen molar-refractivity contribution in [3.63, 3.8) is 0 Å². The Kier molecular flexibility index (Phi) is 5.14. The molecule has 0 amide bonds. The molecule has 2 heteroatoms. The van der Waals surface area contributed by atoms with Gasteiger partial charge in [-0.05, 0) is 23.8 Å². The quantitative estimate of drug-likeness (QED) is 0.562. The van der Waals surface area contributed by atoms with Crippen molar-refractivity contribution in [3.8, 4) is 0 Å². The van der Waals surface area contributed by atoms with Gasteiger partial charge in [-0.3, -0.25) is 0 Å². The lowest BCUT2D eigenvalue weighted by Crippen LogP contribution is -2.22. The number of hydrogen-bond acceptors (Lipinski definition) is 1. The molecule has 12 heavy (non-hydrogen) atoms. The molecular formula is C10H19FO. The topological polar surface area (TPSA) is 9.23 Å². The number of alkyl halides is 1. The van der Waals surface area contributed by atoms with Crippen molar-refractivity contribution in [2.75, 3.05) is 20.4 Å². The number of rotatable bonds is 6. The molecule has 72 valence electrons. The summed E-state index contributed by atoms with van der Waals surface area (Å²) in [5, 5.41) is 0. The molecule has 1 atom stereocenters. The van der Waals surface area contributed by atoms with Crippen molar-refractivity contribution in [1.82, 2.24) is 0 Å². The zero-order valence-corrected chi connectivity index (χ0v) is 8.32. The summed E-state index contributed by atoms with van der Waals surface area (Å²) < 4.78 is 17.2. The monoisotopic (exact) mass is 174 g/mol. The van der Waals surface area contributed by atoms with Gasteiger partial charge < -0.3 is 4.74 Å². The molecule has 0 aromatic rings. The highest BCUT2D eigenvalue weighted by Crippen LogP contribution is 2.29. The van der Waals surface area contributed by atoms with Crippen molar-refractivity contribution in [2.24, 2.45) is 5.41 Å². The van der Waals surface area contributed by atoms with Crippen LogP contribution in [0, 0.1) is 5.41 Å². The second-order valence-electron chi connectivity index (χ2n) is 3.66. The van der Waals surface area contributed by atoms with Gasteiger partial charge in [0.2, 0.25) is 0 Å². The fraction of sp³-hybridized carbons (Fsp3) is 0.800. The van der Waals surface area contributed by atoms with Crippen LogP contribution in [0.2, 0.25) is 0 Å². The first-order chi connectivity index (χ1) is 5.58. The van der Waals surface area contributed by atoms with E-state index in [0.717, 1.165) is 6.42 Å². The lowest BCUT2D eigenvalue weighted by Gasteiger charge is -2.27. The first kappa shape index (κ1) is 11.6. The Labute approximate surface area is 74.6 Å². The highest BCUT2D eigenvalue weighted by atomic mass is 19.1. The molecule has 0 radical (unpaired) electrons. The summed E-state index contributed by atoms with van der Waals surface area (Å²) >= 11 is 0. The molecule has 0 saturated heterocycles. The fourth-order valence-corrected chi connectivity index (χ4v) is 1.28. The van der Waals surface area contributed by atoms with Crippen LogP contribution in [0.4, 0.5) is 4.39 Å². The maximum Gasteiger partial charge on any atom is 0.110 e. The van der Waals surface area contributed by atoms with Gasteiger partial charge in [0.15, 0.2) is 0 Å². The number of halogens is 1. The summed E-state index contributed by atoms with van der Waals surface area (Å²) in [7, 11) is 1.67. The third kappa shape index (κ3) is 3.86. The van der Waals surface area contributed by atoms with E-state index in [1.165, 1.54) is 0 Å². The summed E-state index contributed by atoms with van der Waals surface area (Å²) in [5.74, 6) is 0. The van der Waals surface area contributed by atoms with E-state index in [1.807, 2.05) is 0 Å². The molecule has 1 nitrogen and oxygen atoms in total. The molecule has 0 aromatic carbocycles. The van der Waals surface area contributed by atoms with Crippen molar-refractivity contribution < 1.29 is 9.13 Å². The molecule has 0 saturated carbocycles. The number of ether oxygens (including phenoxy) is 1. The van der Waals surface area contributed by atoms with Crippen LogP contribution >= 0.6 is 0 Å². The average Bonchev–Trinajstić information content (AvgIpc) is 2.05. The van der Waals surface area contributed by atoms with Gasteiger partial charge in [0.1, 0.15) is 6.67 Å². The molecule has 0 bridgehead atoms. The third-order valence-electron chi connectivity index (χ3n) is 2.21. The maximum atomic E-state index is 12.2. The van der Waals surface area contributed by atoms with E-state index in [4.69, 9.17) is 4.74 Å². The van der Waals surface area contributed by atoms with E-state index in [1.54, 1.807) is 7.11 Å². The lowest BCUT2D eigenvalue weighted by molar-refractivity contribution is 0.0879. The molecule has 0 rings (SSSR count). The highest BCUT2D eigenvalue weighted by Gasteiger charge is 2.22. The average molecular weight is 174 g/mol. The molecule has 0 heterocycles. The molecule has 0 aliphatic rings. The number of methoxy groups -OCH3 is 1. The Morgan fingerprint density at radius 1 is 1.58 bits per heavy atom. The first-order valence-corrected chi connectivity index (χ1v) is 4.29. The van der Waals surface area contributed by atoms with Crippen LogP contribution in [0.1, 0.15) is 26.7 Å². The normalized spacial score (nSPS) is 15.7. The van der Waals surface area contributed by atoms with Gasteiger partial charge in [0, 0.05) is 7.11 Å². The summed E-state index contributed by atoms with van der Waals surface area (Å²) in [6, 6.07) is 0. The second kappa shape index (κ2) is 5.31. The first-order valence-electron chi connectivity index (χ1n) is 4.29. The van der Waals surface area contributed by atoms with Crippen molar-refractivity contribution in [3.05, 3.63) is 12.2 Å². The minimum Gasteiger partial charge on any atom is -0.384 e. The van der Waals surface area contributed by atoms with Crippen LogP contribution in [0.25, 0.3) is 0 Å². The van der Waals surface area contributed by atoms with E-state index >= 15 is 0 Å². The Morgan fingerprint density at radius 3 is 2.50 bits per heavy atom. The van der Waals surface area contributed by atoms with Crippen LogP contribution in [-0.2, 0) is 4.74 Å². The van der Waals surface area contributed by atoms with Crippen LogP contribution in [0.15, 0.2) is 12.2 Å². The SMILES string of the molecule is C=C(CF)CC(C)(CC)COC. The van der Waals surface area contributed by atoms with Crippen molar-refractivity contribution >= 4 is 0 Å². The predicted molar refractivity (Wildman–Crippen MR) is 50.0 cm³/mol. The maximum absolute atomic E-state index is 12.2. The van der Waals surface area contributed by atoms with Crippen LogP contribution < -0.4 is 0 Å². The van der Waals surface area contributed by atoms with Gasteiger partial charge in [-0.2, -0.15) is 0 Å². The lowest BCUT2D eigenvalue weighted by atomic mass is 9.82. The standard InChI is InChI=1S/C10H19FO/c1-5-10(3,8-12-4)6-9(2)7-11/h2,5-8H2,1,3-4H3. The van der Waals surface area contributed by atoms with Gasteiger partial charge >= 0.3 is 0 Å². The fourth-order valence-electron chi connectivity index (χ4n) is 1.28. The largest absolute Gasteiger partial charge is 0.384 e. The summed E-state index contributed by atoms with van der Waals surface area (Å²) in [5.41, 5.74) is 0.717. The van der Waals surface area contributed by atoms with E-state index in [0.29, 0.717) is 18.6 Å². The minimum atomic E-state index is -0.417. The zero-order chi connectivity index (χ0) is 9.61. The Hall–Kier alpha value is -0.370. The van der Waals surface area contributed by atoms with Crippen molar-refractivity contribution in [2.45, 2.75) is 26.7 Å². The smallest absolute Gasteiger partial charge is 0.110 e. The predicted octanol–water partition coefficient (Wildman–Crippen LogP) is 2.96. The van der Waals surface area contributed by atoms with Gasteiger partial charge in [-0.1, -0.05) is 20.4 Å². The van der Waals surface area contributed by atoms with Crippen LogP contribution in [-0.4, -0.2) is 20.4 Å². The minimum absolute atomic E-state index is 0.0535. The van der Waals surface area contributed by atoms with Crippen LogP contribution in [0.3, 0.4) is 0 Å². The van der Waals surface area contributed by atoms with E-state index < -0.39 is 6.67 Å². The molecule has 0 aliphatic heterocycles.